The fraction of sp³-hybridized carbons (Fsp3) is 0.333. The van der Waals surface area contributed by atoms with Gasteiger partial charge in [-0.15, -0.1) is 12.3 Å². The molecule has 0 bridgehead atoms. The molecule has 1 atom stereocenters. The fourth-order valence-electron chi connectivity index (χ4n) is 0.868. The van der Waals surface area contributed by atoms with Crippen molar-refractivity contribution in [2.75, 3.05) is 0 Å². The number of allylic oxidation sites excluding steroid dienone is 3. The van der Waals surface area contributed by atoms with Crippen molar-refractivity contribution in [2.24, 2.45) is 0 Å². The molecule has 0 aromatic carbocycles. The SMILES string of the molecule is C#CCC(O)C(/C=C\C(=C)C)=C/C. The molecule has 0 aliphatic heterocycles. The van der Waals surface area contributed by atoms with Crippen LogP contribution >= 0.6 is 0 Å². The Morgan fingerprint density at radius 1 is 1.62 bits per heavy atom. The predicted octanol–water partition coefficient (Wildman–Crippen LogP) is 2.45. The molecule has 1 nitrogen and oxygen atoms in total. The van der Waals surface area contributed by atoms with Crippen LogP contribution in [0.1, 0.15) is 20.3 Å². The molecule has 0 spiro atoms. The lowest BCUT2D eigenvalue weighted by atomic mass is 10.1. The molecule has 1 N–H and O–H groups in total. The first-order valence-corrected chi connectivity index (χ1v) is 4.23. The normalized spacial score (nSPS) is 14.2. The lowest BCUT2D eigenvalue weighted by Gasteiger charge is -2.07. The molecule has 0 radical (unpaired) electrons. The second-order valence-corrected chi connectivity index (χ2v) is 2.89. The third-order valence-electron chi connectivity index (χ3n) is 1.59. The van der Waals surface area contributed by atoms with Crippen molar-refractivity contribution in [3.63, 3.8) is 0 Å². The van der Waals surface area contributed by atoms with Crippen molar-refractivity contribution < 1.29 is 5.11 Å². The molecule has 0 rings (SSSR count). The summed E-state index contributed by atoms with van der Waals surface area (Å²) in [6.07, 6.45) is 10.4. The van der Waals surface area contributed by atoms with E-state index in [9.17, 15) is 5.11 Å². The van der Waals surface area contributed by atoms with E-state index < -0.39 is 6.10 Å². The highest BCUT2D eigenvalue weighted by atomic mass is 16.3. The van der Waals surface area contributed by atoms with E-state index in [2.05, 4.69) is 12.5 Å². The monoisotopic (exact) mass is 176 g/mol. The van der Waals surface area contributed by atoms with Gasteiger partial charge in [0.2, 0.25) is 0 Å². The summed E-state index contributed by atoms with van der Waals surface area (Å²) >= 11 is 0. The van der Waals surface area contributed by atoms with Crippen LogP contribution in [-0.2, 0) is 0 Å². The molecule has 0 amide bonds. The zero-order valence-corrected chi connectivity index (χ0v) is 8.25. The zero-order valence-electron chi connectivity index (χ0n) is 8.25. The van der Waals surface area contributed by atoms with Crippen LogP contribution in [0.3, 0.4) is 0 Å². The lowest BCUT2D eigenvalue weighted by molar-refractivity contribution is 0.220. The van der Waals surface area contributed by atoms with Crippen molar-refractivity contribution in [3.8, 4) is 12.3 Å². The molecule has 1 heteroatoms. The molecule has 0 saturated heterocycles. The Morgan fingerprint density at radius 3 is 2.62 bits per heavy atom. The van der Waals surface area contributed by atoms with Gasteiger partial charge in [0.05, 0.1) is 6.10 Å². The van der Waals surface area contributed by atoms with Crippen molar-refractivity contribution in [3.05, 3.63) is 36.0 Å². The smallest absolute Gasteiger partial charge is 0.0895 e. The van der Waals surface area contributed by atoms with Crippen molar-refractivity contribution >= 4 is 0 Å². The number of hydrogen-bond donors (Lipinski definition) is 1. The van der Waals surface area contributed by atoms with E-state index in [1.807, 2.05) is 32.1 Å². The first-order valence-electron chi connectivity index (χ1n) is 4.23. The van der Waals surface area contributed by atoms with E-state index >= 15 is 0 Å². The largest absolute Gasteiger partial charge is 0.387 e. The van der Waals surface area contributed by atoms with Crippen LogP contribution in [0.4, 0.5) is 0 Å². The molecule has 0 aromatic heterocycles. The third kappa shape index (κ3) is 5.05. The lowest BCUT2D eigenvalue weighted by Crippen LogP contribution is -2.07. The van der Waals surface area contributed by atoms with E-state index in [1.165, 1.54) is 0 Å². The van der Waals surface area contributed by atoms with Crippen LogP contribution in [0.5, 0.6) is 0 Å². The van der Waals surface area contributed by atoms with Crippen molar-refractivity contribution in [1.29, 1.82) is 0 Å². The first-order chi connectivity index (χ1) is 6.11. The third-order valence-corrected chi connectivity index (χ3v) is 1.59. The number of terminal acetylenes is 1. The highest BCUT2D eigenvalue weighted by Crippen LogP contribution is 2.08. The van der Waals surface area contributed by atoms with Crippen molar-refractivity contribution in [2.45, 2.75) is 26.4 Å². The van der Waals surface area contributed by atoms with E-state index in [0.717, 1.165) is 11.1 Å². The number of aliphatic hydroxyl groups is 1. The summed E-state index contributed by atoms with van der Waals surface area (Å²) in [5, 5.41) is 9.53. The van der Waals surface area contributed by atoms with Gasteiger partial charge in [0.25, 0.3) is 0 Å². The second kappa shape index (κ2) is 6.28. The Balaban J connectivity index is 4.38. The minimum absolute atomic E-state index is 0.347. The maximum absolute atomic E-state index is 9.53. The standard InChI is InChI=1S/C12H16O/c1-5-7-12(13)11(6-2)9-8-10(3)4/h1,6,8-9,12-13H,3,7H2,2,4H3/b9-8-,11-6+. The molecule has 0 aliphatic carbocycles. The van der Waals surface area contributed by atoms with Crippen LogP contribution in [0.25, 0.3) is 0 Å². The summed E-state index contributed by atoms with van der Waals surface area (Å²) in [5.41, 5.74) is 1.79. The van der Waals surface area contributed by atoms with Gasteiger partial charge in [0, 0.05) is 6.42 Å². The molecule has 70 valence electrons. The van der Waals surface area contributed by atoms with Gasteiger partial charge in [0.15, 0.2) is 0 Å². The van der Waals surface area contributed by atoms with Gasteiger partial charge in [-0.25, -0.2) is 0 Å². The summed E-state index contributed by atoms with van der Waals surface area (Å²) in [6, 6.07) is 0. The highest BCUT2D eigenvalue weighted by Gasteiger charge is 2.04. The van der Waals surface area contributed by atoms with Gasteiger partial charge in [-0.1, -0.05) is 30.4 Å². The molecule has 0 fully saturated rings. The van der Waals surface area contributed by atoms with Crippen LogP contribution in [0, 0.1) is 12.3 Å². The fourth-order valence-corrected chi connectivity index (χ4v) is 0.868. The minimum atomic E-state index is -0.564. The average Bonchev–Trinajstić information content (AvgIpc) is 2.05. The molecule has 0 aliphatic rings. The Morgan fingerprint density at radius 2 is 2.23 bits per heavy atom. The van der Waals surface area contributed by atoms with Crippen LogP contribution in [-0.4, -0.2) is 11.2 Å². The summed E-state index contributed by atoms with van der Waals surface area (Å²) in [4.78, 5) is 0. The van der Waals surface area contributed by atoms with Crippen LogP contribution < -0.4 is 0 Å². The number of hydrogen-bond acceptors (Lipinski definition) is 1. The topological polar surface area (TPSA) is 20.2 Å². The Labute approximate surface area is 80.5 Å². The summed E-state index contributed by atoms with van der Waals surface area (Å²) in [6.45, 7) is 7.50. The molecule has 0 saturated carbocycles. The van der Waals surface area contributed by atoms with E-state index in [1.54, 1.807) is 0 Å². The average molecular weight is 176 g/mol. The quantitative estimate of drug-likeness (QED) is 0.515. The van der Waals surface area contributed by atoms with Gasteiger partial charge in [-0.3, -0.25) is 0 Å². The number of aliphatic hydroxyl groups excluding tert-OH is 1. The predicted molar refractivity (Wildman–Crippen MR) is 57.2 cm³/mol. The molecule has 1 unspecified atom stereocenters. The van der Waals surface area contributed by atoms with Gasteiger partial charge < -0.3 is 5.11 Å². The van der Waals surface area contributed by atoms with Gasteiger partial charge >= 0.3 is 0 Å². The van der Waals surface area contributed by atoms with Crippen LogP contribution in [0.2, 0.25) is 0 Å². The zero-order chi connectivity index (χ0) is 10.3. The summed E-state index contributed by atoms with van der Waals surface area (Å²) < 4.78 is 0. The van der Waals surface area contributed by atoms with E-state index in [-0.39, 0.29) is 0 Å². The van der Waals surface area contributed by atoms with Crippen molar-refractivity contribution in [1.82, 2.24) is 0 Å². The Bertz CT molecular complexity index is 263. The Hall–Kier alpha value is -1.26. The van der Waals surface area contributed by atoms with Gasteiger partial charge in [-0.2, -0.15) is 0 Å². The van der Waals surface area contributed by atoms with Gasteiger partial charge in [0.1, 0.15) is 0 Å². The number of rotatable bonds is 4. The van der Waals surface area contributed by atoms with Gasteiger partial charge in [-0.05, 0) is 19.4 Å². The molecular formula is C12H16O. The summed E-state index contributed by atoms with van der Waals surface area (Å²) in [7, 11) is 0. The molecule has 0 aromatic rings. The second-order valence-electron chi connectivity index (χ2n) is 2.89. The molecule has 0 heterocycles. The summed E-state index contributed by atoms with van der Waals surface area (Å²) in [5.74, 6) is 2.42. The first kappa shape index (κ1) is 11.7. The van der Waals surface area contributed by atoms with E-state index in [4.69, 9.17) is 6.42 Å². The maximum Gasteiger partial charge on any atom is 0.0895 e. The highest BCUT2D eigenvalue weighted by molar-refractivity contribution is 5.28. The Kier molecular flexibility index (Phi) is 5.67. The molecule has 13 heavy (non-hydrogen) atoms. The minimum Gasteiger partial charge on any atom is -0.387 e. The van der Waals surface area contributed by atoms with Crippen LogP contribution in [0.15, 0.2) is 36.0 Å². The molecular weight excluding hydrogens is 160 g/mol. The maximum atomic E-state index is 9.53. The van der Waals surface area contributed by atoms with E-state index in [0.29, 0.717) is 6.42 Å².